The maximum Gasteiger partial charge on any atom is 0.175 e. The molecule has 0 unspecified atom stereocenters. The molecule has 0 aromatic heterocycles. The topological polar surface area (TPSA) is 48.1 Å². The molecule has 0 aliphatic carbocycles. The van der Waals surface area contributed by atoms with Crippen molar-refractivity contribution in [2.24, 2.45) is 0 Å². The van der Waals surface area contributed by atoms with Gasteiger partial charge in [0, 0.05) is 32.8 Å². The van der Waals surface area contributed by atoms with E-state index in [9.17, 15) is 0 Å². The molecule has 0 saturated heterocycles. The van der Waals surface area contributed by atoms with E-state index >= 15 is 0 Å². The number of anilines is 4. The summed E-state index contributed by atoms with van der Waals surface area (Å²) in [5.74, 6) is 0. The predicted octanol–water partition coefficient (Wildman–Crippen LogP) is 6.92. The Balaban J connectivity index is 1.62. The van der Waals surface area contributed by atoms with E-state index in [1.54, 1.807) is 24.3 Å². The van der Waals surface area contributed by atoms with E-state index in [0.29, 0.717) is 20.3 Å². The Morgan fingerprint density at radius 2 is 1.03 bits per heavy atom. The molecule has 0 aliphatic rings. The normalized spacial score (nSPS) is 10.2. The van der Waals surface area contributed by atoms with Crippen LogP contribution in [0.3, 0.4) is 0 Å². The molecule has 0 atom stereocenters. The van der Waals surface area contributed by atoms with E-state index in [1.807, 2.05) is 49.4 Å². The Bertz CT molecular complexity index is 1020. The van der Waals surface area contributed by atoms with Crippen molar-refractivity contribution in [3.8, 4) is 0 Å². The zero-order chi connectivity index (χ0) is 20.8. The SMILES string of the molecule is Cc1ccc(NC(=S)Nc2ccc(Cl)cc2)cc1NC(=S)Nc1ccc(Cl)cc1. The van der Waals surface area contributed by atoms with Crippen LogP contribution in [0.5, 0.6) is 0 Å². The maximum atomic E-state index is 5.91. The lowest BCUT2D eigenvalue weighted by Gasteiger charge is -2.15. The molecule has 0 bridgehead atoms. The van der Waals surface area contributed by atoms with E-state index in [2.05, 4.69) is 21.3 Å². The molecule has 3 rings (SSSR count). The number of aryl methyl sites for hydroxylation is 1. The lowest BCUT2D eigenvalue weighted by molar-refractivity contribution is 1.45. The monoisotopic (exact) mass is 460 g/mol. The lowest BCUT2D eigenvalue weighted by Crippen LogP contribution is -2.21. The van der Waals surface area contributed by atoms with Crippen molar-refractivity contribution in [1.29, 1.82) is 0 Å². The number of rotatable bonds is 4. The Kier molecular flexibility index (Phi) is 7.28. The van der Waals surface area contributed by atoms with Gasteiger partial charge < -0.3 is 21.3 Å². The first kappa shape index (κ1) is 21.3. The second kappa shape index (κ2) is 9.89. The van der Waals surface area contributed by atoms with Crippen LogP contribution >= 0.6 is 47.6 Å². The Morgan fingerprint density at radius 1 is 0.621 bits per heavy atom. The summed E-state index contributed by atoms with van der Waals surface area (Å²) in [5, 5.41) is 14.9. The van der Waals surface area contributed by atoms with Gasteiger partial charge in [-0.05, 0) is 97.6 Å². The van der Waals surface area contributed by atoms with Gasteiger partial charge in [0.15, 0.2) is 10.2 Å². The van der Waals surface area contributed by atoms with Gasteiger partial charge >= 0.3 is 0 Å². The minimum absolute atomic E-state index is 0.476. The smallest absolute Gasteiger partial charge is 0.175 e. The van der Waals surface area contributed by atoms with Gasteiger partial charge in [-0.2, -0.15) is 0 Å². The summed E-state index contributed by atoms with van der Waals surface area (Å²) in [7, 11) is 0. The summed E-state index contributed by atoms with van der Waals surface area (Å²) in [6.07, 6.45) is 0. The molecule has 4 N–H and O–H groups in total. The van der Waals surface area contributed by atoms with Crippen molar-refractivity contribution in [2.45, 2.75) is 6.92 Å². The van der Waals surface area contributed by atoms with Crippen LogP contribution in [0.4, 0.5) is 22.7 Å². The van der Waals surface area contributed by atoms with Gasteiger partial charge in [-0.15, -0.1) is 0 Å². The number of hydrogen-bond acceptors (Lipinski definition) is 2. The maximum absolute atomic E-state index is 5.91. The highest BCUT2D eigenvalue weighted by atomic mass is 35.5. The molecule has 148 valence electrons. The van der Waals surface area contributed by atoms with Gasteiger partial charge in [0.25, 0.3) is 0 Å². The number of nitrogens with one attached hydrogen (secondary N) is 4. The van der Waals surface area contributed by atoms with Crippen LogP contribution in [0, 0.1) is 6.92 Å². The van der Waals surface area contributed by atoms with Crippen LogP contribution in [0.2, 0.25) is 10.0 Å². The second-order valence-corrected chi connectivity index (χ2v) is 7.89. The van der Waals surface area contributed by atoms with Crippen LogP contribution in [0.25, 0.3) is 0 Å². The van der Waals surface area contributed by atoms with Crippen molar-refractivity contribution in [3.05, 3.63) is 82.3 Å². The average molecular weight is 461 g/mol. The van der Waals surface area contributed by atoms with Gasteiger partial charge in [-0.25, -0.2) is 0 Å². The molecule has 0 heterocycles. The van der Waals surface area contributed by atoms with Crippen molar-refractivity contribution in [3.63, 3.8) is 0 Å². The molecule has 0 fully saturated rings. The minimum Gasteiger partial charge on any atom is -0.332 e. The number of halogens is 2. The minimum atomic E-state index is 0.476. The summed E-state index contributed by atoms with van der Waals surface area (Å²) in [6, 6.07) is 20.5. The van der Waals surface area contributed by atoms with Crippen LogP contribution < -0.4 is 21.3 Å². The summed E-state index contributed by atoms with van der Waals surface area (Å²) < 4.78 is 0. The van der Waals surface area contributed by atoms with Crippen LogP contribution in [-0.4, -0.2) is 10.2 Å². The first-order chi connectivity index (χ1) is 13.9. The molecule has 0 amide bonds. The summed E-state index contributed by atoms with van der Waals surface area (Å²) >= 11 is 22.6. The van der Waals surface area contributed by atoms with E-state index in [1.165, 1.54) is 0 Å². The molecule has 0 aliphatic heterocycles. The van der Waals surface area contributed by atoms with Crippen LogP contribution in [0.1, 0.15) is 5.56 Å². The number of thiocarbonyl (C=S) groups is 2. The van der Waals surface area contributed by atoms with Gasteiger partial charge in [-0.1, -0.05) is 29.3 Å². The molecule has 8 heteroatoms. The average Bonchev–Trinajstić information content (AvgIpc) is 2.68. The van der Waals surface area contributed by atoms with E-state index < -0.39 is 0 Å². The van der Waals surface area contributed by atoms with Gasteiger partial charge in [0.2, 0.25) is 0 Å². The molecule has 3 aromatic carbocycles. The molecule has 3 aromatic rings. The van der Waals surface area contributed by atoms with Gasteiger partial charge in [0.05, 0.1) is 0 Å². The molecule has 0 saturated carbocycles. The van der Waals surface area contributed by atoms with Gasteiger partial charge in [-0.3, -0.25) is 0 Å². The van der Waals surface area contributed by atoms with Crippen LogP contribution in [-0.2, 0) is 0 Å². The standard InChI is InChI=1S/C21H18Cl2N4S2/c1-13-2-7-18(26-20(28)24-16-8-3-14(22)4-9-16)12-19(13)27-21(29)25-17-10-5-15(23)6-11-17/h2-12H,1H3,(H2,24,26,28)(H2,25,27,29). The van der Waals surface area contributed by atoms with E-state index in [0.717, 1.165) is 28.3 Å². The fourth-order valence-electron chi connectivity index (χ4n) is 2.48. The fraction of sp³-hybridized carbons (Fsp3) is 0.0476. The first-order valence-electron chi connectivity index (χ1n) is 8.67. The highest BCUT2D eigenvalue weighted by molar-refractivity contribution is 7.81. The molecule has 29 heavy (non-hydrogen) atoms. The number of benzene rings is 3. The Hall–Kier alpha value is -2.38. The largest absolute Gasteiger partial charge is 0.332 e. The third-order valence-electron chi connectivity index (χ3n) is 3.95. The van der Waals surface area contributed by atoms with Crippen molar-refractivity contribution < 1.29 is 0 Å². The zero-order valence-corrected chi connectivity index (χ0v) is 18.6. The van der Waals surface area contributed by atoms with Crippen molar-refractivity contribution in [1.82, 2.24) is 0 Å². The van der Waals surface area contributed by atoms with Crippen LogP contribution in [0.15, 0.2) is 66.7 Å². The fourth-order valence-corrected chi connectivity index (χ4v) is 3.19. The molecule has 0 radical (unpaired) electrons. The highest BCUT2D eigenvalue weighted by Crippen LogP contribution is 2.22. The summed E-state index contributed by atoms with van der Waals surface area (Å²) in [4.78, 5) is 0. The predicted molar refractivity (Wildman–Crippen MR) is 134 cm³/mol. The third-order valence-corrected chi connectivity index (χ3v) is 4.86. The first-order valence-corrected chi connectivity index (χ1v) is 10.2. The van der Waals surface area contributed by atoms with E-state index in [4.69, 9.17) is 47.6 Å². The Labute approximate surface area is 190 Å². The quantitative estimate of drug-likeness (QED) is 0.317. The summed E-state index contributed by atoms with van der Waals surface area (Å²) in [6.45, 7) is 2.00. The summed E-state index contributed by atoms with van der Waals surface area (Å²) in [5.41, 5.74) is 4.46. The van der Waals surface area contributed by atoms with E-state index in [-0.39, 0.29) is 0 Å². The van der Waals surface area contributed by atoms with Crippen molar-refractivity contribution >= 4 is 80.6 Å². The molecular weight excluding hydrogens is 443 g/mol. The lowest BCUT2D eigenvalue weighted by atomic mass is 10.2. The van der Waals surface area contributed by atoms with Gasteiger partial charge in [0.1, 0.15) is 0 Å². The Morgan fingerprint density at radius 3 is 1.55 bits per heavy atom. The number of hydrogen-bond donors (Lipinski definition) is 4. The molecule has 4 nitrogen and oxygen atoms in total. The highest BCUT2D eigenvalue weighted by Gasteiger charge is 2.06. The second-order valence-electron chi connectivity index (χ2n) is 6.20. The van der Waals surface area contributed by atoms with Crippen molar-refractivity contribution in [2.75, 3.05) is 21.3 Å². The third kappa shape index (κ3) is 6.58. The zero-order valence-electron chi connectivity index (χ0n) is 15.4. The molecular formula is C21H18Cl2N4S2. The molecule has 0 spiro atoms.